The number of carbonyl (C=O) groups excluding carboxylic acids is 1. The van der Waals surface area contributed by atoms with Crippen molar-refractivity contribution < 1.29 is 50.9 Å². The number of carbonyl (C=O) groups is 3. The molecule has 14 heteroatoms. The Hall–Kier alpha value is -4.59. The lowest BCUT2D eigenvalue weighted by Gasteiger charge is -2.17. The number of para-hydroxylation sites is 1. The maximum absolute atomic E-state index is 12.4. The zero-order chi connectivity index (χ0) is 33.1. The minimum atomic E-state index is -5.08. The monoisotopic (exact) mass is 627 g/mol. The number of hydrogen-bond acceptors (Lipinski definition) is 5. The number of carboxylic acid groups (broad SMARTS) is 2. The molecule has 0 spiro atoms. The Morgan fingerprint density at radius 3 is 1.77 bits per heavy atom. The standard InChI is InChI=1S/C26H29N3O.2C2HF3O2/c1-29(2)25-11-7-6-10-22(25)18-27-24-16-23(24)20-12-14-21(15-13-20)26(30)28-17-19-8-4-3-5-9-19;2*3-2(4,5)1(6)7/h3-15,23-24,27H,16-18H2,1-2H3,(H,28,30);2*(H,6,7)/t23-,24+;;/m0../s1. The molecule has 0 unspecified atom stereocenters. The lowest BCUT2D eigenvalue weighted by Crippen LogP contribution is -2.22. The van der Waals surface area contributed by atoms with Crippen LogP contribution in [0, 0.1) is 0 Å². The quantitative estimate of drug-likeness (QED) is 0.240. The van der Waals surface area contributed by atoms with Crippen molar-refractivity contribution in [2.24, 2.45) is 0 Å². The van der Waals surface area contributed by atoms with Gasteiger partial charge in [0, 0.05) is 50.4 Å². The van der Waals surface area contributed by atoms with Gasteiger partial charge in [-0.25, -0.2) is 9.59 Å². The first-order valence-corrected chi connectivity index (χ1v) is 13.0. The van der Waals surface area contributed by atoms with Gasteiger partial charge in [-0.3, -0.25) is 4.79 Å². The van der Waals surface area contributed by atoms with Gasteiger partial charge >= 0.3 is 24.3 Å². The maximum Gasteiger partial charge on any atom is 0.490 e. The Labute approximate surface area is 249 Å². The Morgan fingerprint density at radius 1 is 0.773 bits per heavy atom. The number of halogens is 6. The number of benzene rings is 3. The van der Waals surface area contributed by atoms with E-state index in [1.807, 2.05) is 42.5 Å². The number of carboxylic acids is 2. The second kappa shape index (κ2) is 15.8. The van der Waals surface area contributed by atoms with Crippen molar-refractivity contribution in [3.05, 3.63) is 101 Å². The van der Waals surface area contributed by atoms with Gasteiger partial charge in [-0.2, -0.15) is 26.3 Å². The fraction of sp³-hybridized carbons (Fsp3) is 0.300. The van der Waals surface area contributed by atoms with Crippen molar-refractivity contribution in [1.29, 1.82) is 0 Å². The van der Waals surface area contributed by atoms with Crippen LogP contribution in [0.5, 0.6) is 0 Å². The zero-order valence-corrected chi connectivity index (χ0v) is 23.6. The van der Waals surface area contributed by atoms with Gasteiger partial charge < -0.3 is 25.7 Å². The van der Waals surface area contributed by atoms with E-state index in [0.29, 0.717) is 24.1 Å². The third kappa shape index (κ3) is 12.0. The Morgan fingerprint density at radius 2 is 1.27 bits per heavy atom. The number of anilines is 1. The highest BCUT2D eigenvalue weighted by Crippen LogP contribution is 2.41. The van der Waals surface area contributed by atoms with E-state index < -0.39 is 24.3 Å². The lowest BCUT2D eigenvalue weighted by atomic mass is 10.1. The highest BCUT2D eigenvalue weighted by Gasteiger charge is 2.39. The van der Waals surface area contributed by atoms with Crippen LogP contribution in [0.1, 0.15) is 39.4 Å². The van der Waals surface area contributed by atoms with Crippen LogP contribution in [0.15, 0.2) is 78.9 Å². The average Bonchev–Trinajstić information content (AvgIpc) is 3.75. The summed E-state index contributed by atoms with van der Waals surface area (Å²) in [6.45, 7) is 1.42. The summed E-state index contributed by atoms with van der Waals surface area (Å²) in [5.74, 6) is -5.02. The summed E-state index contributed by atoms with van der Waals surface area (Å²) in [7, 11) is 4.16. The van der Waals surface area contributed by atoms with E-state index in [9.17, 15) is 31.1 Å². The Kier molecular flexibility index (Phi) is 12.7. The Bertz CT molecular complexity index is 1360. The molecule has 0 aliphatic heterocycles. The third-order valence-corrected chi connectivity index (χ3v) is 6.20. The first-order chi connectivity index (χ1) is 20.5. The Balaban J connectivity index is 0.000000402. The summed E-state index contributed by atoms with van der Waals surface area (Å²) in [6.07, 6.45) is -9.02. The molecule has 0 bridgehead atoms. The number of hydrogen-bond donors (Lipinski definition) is 4. The average molecular weight is 628 g/mol. The molecule has 2 atom stereocenters. The van der Waals surface area contributed by atoms with Crippen molar-refractivity contribution >= 4 is 23.5 Å². The van der Waals surface area contributed by atoms with Crippen molar-refractivity contribution in [3.8, 4) is 0 Å². The molecule has 8 nitrogen and oxygen atoms in total. The summed E-state index contributed by atoms with van der Waals surface area (Å²) in [4.78, 5) is 32.3. The largest absolute Gasteiger partial charge is 0.490 e. The van der Waals surface area contributed by atoms with Crippen LogP contribution in [0.2, 0.25) is 0 Å². The number of nitrogens with zero attached hydrogens (tertiary/aromatic N) is 1. The molecule has 4 N–H and O–H groups in total. The number of amides is 1. The summed E-state index contributed by atoms with van der Waals surface area (Å²) in [5, 5.41) is 20.9. The molecule has 3 aromatic carbocycles. The van der Waals surface area contributed by atoms with E-state index in [4.69, 9.17) is 19.8 Å². The van der Waals surface area contributed by atoms with Crippen LogP contribution in [0.4, 0.5) is 32.0 Å². The van der Waals surface area contributed by atoms with Gasteiger partial charge in [-0.05, 0) is 41.3 Å². The lowest BCUT2D eigenvalue weighted by molar-refractivity contribution is -0.193. The first kappa shape index (κ1) is 35.6. The molecule has 1 fully saturated rings. The predicted molar refractivity (Wildman–Crippen MR) is 150 cm³/mol. The van der Waals surface area contributed by atoms with E-state index in [1.165, 1.54) is 16.8 Å². The van der Waals surface area contributed by atoms with E-state index in [2.05, 4.69) is 66.0 Å². The molecule has 0 radical (unpaired) electrons. The highest BCUT2D eigenvalue weighted by molar-refractivity contribution is 5.94. The van der Waals surface area contributed by atoms with Crippen molar-refractivity contribution in [3.63, 3.8) is 0 Å². The smallest absolute Gasteiger partial charge is 0.475 e. The summed E-state index contributed by atoms with van der Waals surface area (Å²) in [5.41, 5.74) is 5.68. The second-order valence-electron chi connectivity index (χ2n) is 9.75. The minimum absolute atomic E-state index is 0.0313. The van der Waals surface area contributed by atoms with Gasteiger partial charge in [0.1, 0.15) is 0 Å². The molecule has 238 valence electrons. The highest BCUT2D eigenvalue weighted by atomic mass is 19.4. The SMILES string of the molecule is CN(C)c1ccccc1CN[C@@H]1C[C@H]1c1ccc(C(=O)NCc2ccccc2)cc1.O=C(O)C(F)(F)F.O=C(O)C(F)(F)F. The van der Waals surface area contributed by atoms with Crippen LogP contribution in [0.25, 0.3) is 0 Å². The molecule has 4 rings (SSSR count). The fourth-order valence-corrected chi connectivity index (χ4v) is 3.89. The maximum atomic E-state index is 12.4. The van der Waals surface area contributed by atoms with Gasteiger partial charge in [0.25, 0.3) is 5.91 Å². The molecule has 0 aromatic heterocycles. The molecule has 1 aliphatic rings. The minimum Gasteiger partial charge on any atom is -0.475 e. The number of aliphatic carboxylic acids is 2. The van der Waals surface area contributed by atoms with E-state index in [0.717, 1.165) is 18.5 Å². The zero-order valence-electron chi connectivity index (χ0n) is 23.6. The molecular weight excluding hydrogens is 596 g/mol. The van der Waals surface area contributed by atoms with Crippen LogP contribution in [0.3, 0.4) is 0 Å². The molecule has 0 heterocycles. The van der Waals surface area contributed by atoms with Crippen LogP contribution in [-0.2, 0) is 22.7 Å². The first-order valence-electron chi connectivity index (χ1n) is 13.0. The van der Waals surface area contributed by atoms with Gasteiger partial charge in [0.2, 0.25) is 0 Å². The van der Waals surface area contributed by atoms with Crippen LogP contribution in [-0.4, -0.2) is 60.5 Å². The van der Waals surface area contributed by atoms with Crippen LogP contribution < -0.4 is 15.5 Å². The van der Waals surface area contributed by atoms with Gasteiger partial charge in [-0.1, -0.05) is 60.7 Å². The number of nitrogens with one attached hydrogen (secondary N) is 2. The van der Waals surface area contributed by atoms with E-state index in [1.54, 1.807) is 0 Å². The van der Waals surface area contributed by atoms with Crippen molar-refractivity contribution in [1.82, 2.24) is 10.6 Å². The predicted octanol–water partition coefficient (Wildman–Crippen LogP) is 5.59. The molecule has 1 saturated carbocycles. The molecule has 44 heavy (non-hydrogen) atoms. The summed E-state index contributed by atoms with van der Waals surface area (Å²) < 4.78 is 63.5. The van der Waals surface area contributed by atoms with E-state index >= 15 is 0 Å². The fourth-order valence-electron chi connectivity index (χ4n) is 3.89. The van der Waals surface area contributed by atoms with E-state index in [-0.39, 0.29) is 5.91 Å². The molecular formula is C30H31F6N3O5. The van der Waals surface area contributed by atoms with Crippen molar-refractivity contribution in [2.45, 2.75) is 43.8 Å². The second-order valence-corrected chi connectivity index (χ2v) is 9.75. The summed E-state index contributed by atoms with van der Waals surface area (Å²) in [6, 6.07) is 27.0. The van der Waals surface area contributed by atoms with Gasteiger partial charge in [0.15, 0.2) is 0 Å². The molecule has 3 aromatic rings. The third-order valence-electron chi connectivity index (χ3n) is 6.20. The molecule has 0 saturated heterocycles. The van der Waals surface area contributed by atoms with Crippen LogP contribution >= 0.6 is 0 Å². The number of alkyl halides is 6. The van der Waals surface area contributed by atoms with Gasteiger partial charge in [0.05, 0.1) is 0 Å². The number of rotatable bonds is 8. The molecule has 1 aliphatic carbocycles. The topological polar surface area (TPSA) is 119 Å². The molecule has 1 amide bonds. The summed E-state index contributed by atoms with van der Waals surface area (Å²) >= 11 is 0. The van der Waals surface area contributed by atoms with Crippen molar-refractivity contribution in [2.75, 3.05) is 19.0 Å². The normalized spacial score (nSPS) is 15.5. The van der Waals surface area contributed by atoms with Gasteiger partial charge in [-0.15, -0.1) is 0 Å².